The number of rotatable bonds is 15. The number of phenolic OH excluding ortho intramolecular Hbond substituents is 2. The van der Waals surface area contributed by atoms with Crippen LogP contribution in [0.2, 0.25) is 0 Å². The predicted octanol–water partition coefficient (Wildman–Crippen LogP) is 11.4. The Labute approximate surface area is 327 Å². The number of H-pyrrole nitrogens is 1. The Morgan fingerprint density at radius 1 is 0.679 bits per heavy atom. The second-order valence-corrected chi connectivity index (χ2v) is 13.7. The molecule has 6 N–H and O–H groups in total. The lowest BCUT2D eigenvalue weighted by Crippen LogP contribution is -1.86. The molecule has 7 rings (SSSR count). The molecule has 0 unspecified atom stereocenters. The molecule has 56 heavy (non-hydrogen) atoms. The summed E-state index contributed by atoms with van der Waals surface area (Å²) in [6.45, 7) is 1.76. The minimum Gasteiger partial charge on any atom is -0.507 e. The molecule has 0 saturated heterocycles. The number of fused-ring (bicyclic) bond motifs is 4. The van der Waals surface area contributed by atoms with E-state index < -0.39 is 0 Å². The maximum atomic E-state index is 11.5. The van der Waals surface area contributed by atoms with Gasteiger partial charge < -0.3 is 19.9 Å². The number of ether oxygens (including phenoxy) is 1. The van der Waals surface area contributed by atoms with Crippen LogP contribution in [0.5, 0.6) is 17.2 Å². The summed E-state index contributed by atoms with van der Waals surface area (Å²) in [7, 11) is 1.43. The van der Waals surface area contributed by atoms with Crippen molar-refractivity contribution in [2.75, 3.05) is 7.11 Å². The molecular formula is C35H26N6O12S3. The number of imidazole rings is 1. The third-order valence-corrected chi connectivity index (χ3v) is 9.92. The van der Waals surface area contributed by atoms with Gasteiger partial charge in [0.25, 0.3) is 0 Å². The predicted molar refractivity (Wildman–Crippen MR) is 204 cm³/mol. The van der Waals surface area contributed by atoms with Crippen LogP contribution in [0.1, 0.15) is 5.56 Å². The van der Waals surface area contributed by atoms with Gasteiger partial charge in [-0.15, -0.1) is 28.3 Å². The van der Waals surface area contributed by atoms with Crippen molar-refractivity contribution in [3.8, 4) is 28.6 Å². The number of hydrogen-bond acceptors (Lipinski definition) is 20. The van der Waals surface area contributed by atoms with E-state index in [-0.39, 0.29) is 39.2 Å². The number of phenols is 2. The maximum absolute atomic E-state index is 11.5. The van der Waals surface area contributed by atoms with E-state index in [1.807, 2.05) is 30.3 Å². The highest BCUT2D eigenvalue weighted by atomic mass is 32.2. The van der Waals surface area contributed by atoms with E-state index in [2.05, 4.69) is 49.2 Å². The molecule has 6 aromatic carbocycles. The van der Waals surface area contributed by atoms with Crippen molar-refractivity contribution >= 4 is 91.5 Å². The van der Waals surface area contributed by atoms with Gasteiger partial charge in [0, 0.05) is 32.2 Å². The standard InChI is InChI=1S/C35H26N6O12S3/c1-17-10-26(29(47-2)16-25(17)38-40-27-13-20(54-51-48-44)11-19-12-21(55-52-49-45)14-28(42)31(19)27)39-41-33-30(56-53-50-46)15-23-22(34(33)43)8-9-24-32(23)37-35(36-24)18-6-4-3-5-7-18/h3-16,42-46H,1-2H3,(H,36,37). The van der Waals surface area contributed by atoms with Crippen LogP contribution in [0.4, 0.5) is 22.7 Å². The first-order valence-electron chi connectivity index (χ1n) is 15.8. The Balaban J connectivity index is 1.24. The summed E-state index contributed by atoms with van der Waals surface area (Å²) in [5, 5.41) is 79.2. The van der Waals surface area contributed by atoms with Crippen molar-refractivity contribution in [2.24, 2.45) is 20.5 Å². The molecule has 1 aromatic heterocycles. The number of azo groups is 2. The normalized spacial score (nSPS) is 11.9. The molecule has 0 radical (unpaired) electrons. The van der Waals surface area contributed by atoms with Crippen LogP contribution in [0.3, 0.4) is 0 Å². The van der Waals surface area contributed by atoms with E-state index in [1.165, 1.54) is 13.2 Å². The van der Waals surface area contributed by atoms with Gasteiger partial charge in [-0.2, -0.15) is 5.11 Å². The molecule has 18 nitrogen and oxygen atoms in total. The second-order valence-electron chi connectivity index (χ2n) is 11.4. The Hall–Kier alpha value is -5.40. The quantitative estimate of drug-likeness (QED) is 0.0244. The topological polar surface area (TPSA) is 244 Å². The van der Waals surface area contributed by atoms with Crippen molar-refractivity contribution in [3.63, 3.8) is 0 Å². The van der Waals surface area contributed by atoms with Gasteiger partial charge in [-0.05, 0) is 66.4 Å². The summed E-state index contributed by atoms with van der Waals surface area (Å²) in [6, 6.07) is 24.2. The third kappa shape index (κ3) is 8.24. The Morgan fingerprint density at radius 2 is 1.36 bits per heavy atom. The van der Waals surface area contributed by atoms with Crippen LogP contribution in [-0.2, 0) is 28.1 Å². The maximum Gasteiger partial charge on any atom is 0.152 e. The fourth-order valence-electron chi connectivity index (χ4n) is 5.77. The van der Waals surface area contributed by atoms with Gasteiger partial charge in [0.15, 0.2) is 5.75 Å². The van der Waals surface area contributed by atoms with Crippen molar-refractivity contribution < 1.29 is 58.8 Å². The number of benzene rings is 6. The highest BCUT2D eigenvalue weighted by Gasteiger charge is 2.19. The van der Waals surface area contributed by atoms with Crippen LogP contribution in [0.25, 0.3) is 44.0 Å². The fourth-order valence-corrected chi connectivity index (χ4v) is 7.14. The van der Waals surface area contributed by atoms with E-state index >= 15 is 0 Å². The average Bonchev–Trinajstić information content (AvgIpc) is 3.66. The Morgan fingerprint density at radius 3 is 2.07 bits per heavy atom. The van der Waals surface area contributed by atoms with E-state index in [4.69, 9.17) is 29.8 Å². The summed E-state index contributed by atoms with van der Waals surface area (Å²) >= 11 is 1.92. The van der Waals surface area contributed by atoms with E-state index in [0.29, 0.717) is 95.6 Å². The highest BCUT2D eigenvalue weighted by Crippen LogP contribution is 2.47. The summed E-state index contributed by atoms with van der Waals surface area (Å²) in [4.78, 5) is 9.09. The largest absolute Gasteiger partial charge is 0.507 e. The Bertz CT molecular complexity index is 2610. The summed E-state index contributed by atoms with van der Waals surface area (Å²) < 4.78 is 19.4. The Kier molecular flexibility index (Phi) is 12.2. The number of aromatic nitrogens is 2. The molecule has 0 aliphatic carbocycles. The molecule has 21 heteroatoms. The van der Waals surface area contributed by atoms with Gasteiger partial charge >= 0.3 is 0 Å². The van der Waals surface area contributed by atoms with Crippen molar-refractivity contribution in [1.29, 1.82) is 0 Å². The average molecular weight is 819 g/mol. The van der Waals surface area contributed by atoms with Crippen LogP contribution in [0.15, 0.2) is 120 Å². The third-order valence-electron chi connectivity index (χ3n) is 8.19. The molecule has 0 fully saturated rings. The summed E-state index contributed by atoms with van der Waals surface area (Å²) in [6.07, 6.45) is 0. The van der Waals surface area contributed by atoms with Gasteiger partial charge in [0.05, 0.1) is 75.9 Å². The SMILES string of the molecule is COc1cc(N=Nc2cc(SOOO)cc3cc(SOOO)cc(O)c23)c(C)cc1N=Nc1c(SOOO)cc2c(ccc3nc(-c4ccccc4)[nH]c32)c1O. The molecular weight excluding hydrogens is 793 g/mol. The number of aromatic hydroxyl groups is 2. The first-order chi connectivity index (χ1) is 27.3. The molecule has 286 valence electrons. The zero-order valence-corrected chi connectivity index (χ0v) is 31.1. The van der Waals surface area contributed by atoms with E-state index in [9.17, 15) is 10.2 Å². The molecule has 0 aliphatic rings. The number of nitrogens with zero attached hydrogens (tertiary/aromatic N) is 5. The first-order valence-corrected chi connectivity index (χ1v) is 18.0. The zero-order chi connectivity index (χ0) is 39.2. The molecule has 1 heterocycles. The number of aryl methyl sites for hydroxylation is 1. The number of nitrogens with one attached hydrogen (secondary N) is 1. The molecule has 0 aliphatic heterocycles. The first kappa shape index (κ1) is 38.9. The number of methoxy groups -OCH3 is 1. The van der Waals surface area contributed by atoms with Gasteiger partial charge in [0.1, 0.15) is 28.7 Å². The molecule has 0 amide bonds. The van der Waals surface area contributed by atoms with E-state index in [0.717, 1.165) is 5.56 Å². The summed E-state index contributed by atoms with van der Waals surface area (Å²) in [5.41, 5.74) is 3.68. The lowest BCUT2D eigenvalue weighted by atomic mass is 10.1. The lowest BCUT2D eigenvalue weighted by Gasteiger charge is -2.11. The molecule has 7 aromatic rings. The molecule has 0 atom stereocenters. The molecule has 0 bridgehead atoms. The van der Waals surface area contributed by atoms with Crippen molar-refractivity contribution in [3.05, 3.63) is 90.5 Å². The number of aromatic amines is 1. The highest BCUT2D eigenvalue weighted by molar-refractivity contribution is 7.95. The van der Waals surface area contributed by atoms with Gasteiger partial charge in [0.2, 0.25) is 0 Å². The van der Waals surface area contributed by atoms with Crippen LogP contribution >= 0.6 is 36.1 Å². The minimum atomic E-state index is -0.221. The van der Waals surface area contributed by atoms with Crippen LogP contribution in [0, 0.1) is 6.92 Å². The zero-order valence-electron chi connectivity index (χ0n) is 28.6. The second kappa shape index (κ2) is 17.6. The minimum absolute atomic E-state index is 0.0159. The lowest BCUT2D eigenvalue weighted by molar-refractivity contribution is -0.432. The monoisotopic (exact) mass is 818 g/mol. The van der Waals surface area contributed by atoms with Crippen molar-refractivity contribution in [1.82, 2.24) is 9.97 Å². The number of hydrogen-bond donors (Lipinski definition) is 6. The smallest absolute Gasteiger partial charge is 0.152 e. The summed E-state index contributed by atoms with van der Waals surface area (Å²) in [5.74, 6) is 0.490. The molecule has 0 spiro atoms. The van der Waals surface area contributed by atoms with Crippen molar-refractivity contribution in [2.45, 2.75) is 21.6 Å². The van der Waals surface area contributed by atoms with Gasteiger partial charge in [-0.25, -0.2) is 20.8 Å². The van der Waals surface area contributed by atoms with Crippen LogP contribution < -0.4 is 4.74 Å². The van der Waals surface area contributed by atoms with Gasteiger partial charge in [-0.3, -0.25) is 0 Å². The van der Waals surface area contributed by atoms with E-state index in [1.54, 1.807) is 55.5 Å². The van der Waals surface area contributed by atoms with Crippen LogP contribution in [-0.4, -0.2) is 43.1 Å². The fraction of sp³-hybridized carbons (Fsp3) is 0.0571. The van der Waals surface area contributed by atoms with Gasteiger partial charge in [-0.1, -0.05) is 45.4 Å². The molecule has 0 saturated carbocycles.